The summed E-state index contributed by atoms with van der Waals surface area (Å²) in [5, 5.41) is 0. The second-order valence-corrected chi connectivity index (χ2v) is 4.23. The van der Waals surface area contributed by atoms with Gasteiger partial charge in [0.1, 0.15) is 11.9 Å². The van der Waals surface area contributed by atoms with Gasteiger partial charge < -0.3 is 18.9 Å². The third-order valence-corrected chi connectivity index (χ3v) is 2.59. The number of hydrogen-bond donors (Lipinski definition) is 0. The van der Waals surface area contributed by atoms with Gasteiger partial charge in [0.05, 0.1) is 6.61 Å². The van der Waals surface area contributed by atoms with Gasteiger partial charge in [-0.25, -0.2) is 0 Å². The summed E-state index contributed by atoms with van der Waals surface area (Å²) in [4.78, 5) is 0. The Morgan fingerprint density at radius 1 is 0.889 bits per heavy atom. The lowest BCUT2D eigenvalue weighted by Crippen LogP contribution is -2.15. The molecule has 0 saturated carbocycles. The number of methoxy groups -OCH3 is 2. The van der Waals surface area contributed by atoms with Gasteiger partial charge in [0, 0.05) is 34.0 Å². The molecule has 0 bridgehead atoms. The highest BCUT2D eigenvalue weighted by Crippen LogP contribution is 2.08. The lowest BCUT2D eigenvalue weighted by Gasteiger charge is -2.16. The number of rotatable bonds is 13. The van der Waals surface area contributed by atoms with Crippen LogP contribution in [0.5, 0.6) is 0 Å². The van der Waals surface area contributed by atoms with E-state index in [1.807, 2.05) is 6.92 Å². The zero-order valence-corrected chi connectivity index (χ0v) is 12.1. The van der Waals surface area contributed by atoms with E-state index in [1.54, 1.807) is 14.2 Å². The monoisotopic (exact) mass is 260 g/mol. The number of ether oxygens (including phenoxy) is 4. The van der Waals surface area contributed by atoms with Gasteiger partial charge in [-0.1, -0.05) is 6.58 Å². The number of unbranched alkanes of at least 4 members (excludes halogenated alkanes) is 2. The molecule has 4 heteroatoms. The second kappa shape index (κ2) is 12.9. The standard InChI is InChI=1S/C14H28O4/c1-13(17-11-7-5-9-15-3)14(2)18-12-8-6-10-16-4/h14H,1,5-12H2,2-4H3. The van der Waals surface area contributed by atoms with Gasteiger partial charge in [0.25, 0.3) is 0 Å². The van der Waals surface area contributed by atoms with E-state index in [0.717, 1.165) is 45.5 Å². The Labute approximate surface area is 111 Å². The first-order valence-corrected chi connectivity index (χ1v) is 6.63. The molecule has 0 aromatic rings. The quantitative estimate of drug-likeness (QED) is 0.377. The molecular weight excluding hydrogens is 232 g/mol. The van der Waals surface area contributed by atoms with Crippen molar-refractivity contribution >= 4 is 0 Å². The fraction of sp³-hybridized carbons (Fsp3) is 0.857. The molecule has 0 aliphatic heterocycles. The summed E-state index contributed by atoms with van der Waals surface area (Å²) in [6.45, 7) is 8.81. The van der Waals surface area contributed by atoms with Crippen LogP contribution in [0.3, 0.4) is 0 Å². The molecule has 0 heterocycles. The zero-order chi connectivity index (χ0) is 13.6. The van der Waals surface area contributed by atoms with Crippen LogP contribution in [0.25, 0.3) is 0 Å². The van der Waals surface area contributed by atoms with E-state index in [9.17, 15) is 0 Å². The summed E-state index contributed by atoms with van der Waals surface area (Å²) in [5.74, 6) is 0.708. The van der Waals surface area contributed by atoms with Crippen molar-refractivity contribution in [3.05, 3.63) is 12.3 Å². The lowest BCUT2D eigenvalue weighted by molar-refractivity contribution is 0.0348. The molecule has 108 valence electrons. The predicted molar refractivity (Wildman–Crippen MR) is 72.7 cm³/mol. The van der Waals surface area contributed by atoms with Crippen LogP contribution in [0, 0.1) is 0 Å². The van der Waals surface area contributed by atoms with Gasteiger partial charge in [-0.3, -0.25) is 0 Å². The molecule has 0 aliphatic rings. The second-order valence-electron chi connectivity index (χ2n) is 4.23. The molecule has 0 rings (SSSR count). The zero-order valence-electron chi connectivity index (χ0n) is 12.1. The molecule has 0 fully saturated rings. The first-order valence-electron chi connectivity index (χ1n) is 6.63. The first kappa shape index (κ1) is 17.4. The van der Waals surface area contributed by atoms with Crippen LogP contribution in [0.15, 0.2) is 12.3 Å². The normalized spacial score (nSPS) is 12.4. The van der Waals surface area contributed by atoms with Crippen LogP contribution in [0.4, 0.5) is 0 Å². The highest BCUT2D eigenvalue weighted by atomic mass is 16.5. The van der Waals surface area contributed by atoms with Crippen molar-refractivity contribution in [3.8, 4) is 0 Å². The van der Waals surface area contributed by atoms with Crippen molar-refractivity contribution in [2.75, 3.05) is 40.6 Å². The Morgan fingerprint density at radius 3 is 1.94 bits per heavy atom. The van der Waals surface area contributed by atoms with E-state index in [4.69, 9.17) is 18.9 Å². The van der Waals surface area contributed by atoms with Crippen molar-refractivity contribution in [1.82, 2.24) is 0 Å². The first-order chi connectivity index (χ1) is 8.72. The maximum absolute atomic E-state index is 5.62. The molecule has 4 nitrogen and oxygen atoms in total. The summed E-state index contributed by atoms with van der Waals surface area (Å²) in [6.07, 6.45) is 3.96. The topological polar surface area (TPSA) is 36.9 Å². The SMILES string of the molecule is C=C(OCCCCOC)C(C)OCCCCOC. The third kappa shape index (κ3) is 10.6. The Balaban J connectivity index is 3.39. The molecule has 0 aliphatic carbocycles. The third-order valence-electron chi connectivity index (χ3n) is 2.59. The van der Waals surface area contributed by atoms with Gasteiger partial charge in [0.15, 0.2) is 0 Å². The summed E-state index contributed by atoms with van der Waals surface area (Å²) in [7, 11) is 3.42. The molecule has 0 aromatic heterocycles. The van der Waals surface area contributed by atoms with Crippen molar-refractivity contribution in [2.45, 2.75) is 38.7 Å². The minimum atomic E-state index is -0.0463. The maximum Gasteiger partial charge on any atom is 0.117 e. The molecule has 0 aromatic carbocycles. The average Bonchev–Trinajstić information content (AvgIpc) is 2.37. The van der Waals surface area contributed by atoms with Gasteiger partial charge >= 0.3 is 0 Å². The van der Waals surface area contributed by atoms with Gasteiger partial charge in [-0.05, 0) is 32.6 Å². The molecular formula is C14H28O4. The molecule has 0 saturated heterocycles. The molecule has 0 spiro atoms. The fourth-order valence-electron chi connectivity index (χ4n) is 1.37. The Morgan fingerprint density at radius 2 is 1.39 bits per heavy atom. The minimum Gasteiger partial charge on any atom is -0.496 e. The average molecular weight is 260 g/mol. The summed E-state index contributed by atoms with van der Waals surface area (Å²) < 4.78 is 21.1. The van der Waals surface area contributed by atoms with Gasteiger partial charge in [-0.15, -0.1) is 0 Å². The molecule has 1 atom stereocenters. The van der Waals surface area contributed by atoms with E-state index in [0.29, 0.717) is 12.4 Å². The van der Waals surface area contributed by atoms with E-state index < -0.39 is 0 Å². The van der Waals surface area contributed by atoms with Crippen molar-refractivity contribution in [1.29, 1.82) is 0 Å². The molecule has 1 unspecified atom stereocenters. The molecule has 18 heavy (non-hydrogen) atoms. The summed E-state index contributed by atoms with van der Waals surface area (Å²) in [6, 6.07) is 0. The van der Waals surface area contributed by atoms with Crippen molar-refractivity contribution < 1.29 is 18.9 Å². The minimum absolute atomic E-state index is 0.0463. The highest BCUT2D eigenvalue weighted by molar-refractivity contribution is 4.90. The number of hydrogen-bond acceptors (Lipinski definition) is 4. The van der Waals surface area contributed by atoms with E-state index in [1.165, 1.54) is 0 Å². The van der Waals surface area contributed by atoms with E-state index in [2.05, 4.69) is 6.58 Å². The Hall–Kier alpha value is -0.580. The largest absolute Gasteiger partial charge is 0.496 e. The van der Waals surface area contributed by atoms with Gasteiger partial charge in [-0.2, -0.15) is 0 Å². The maximum atomic E-state index is 5.62. The van der Waals surface area contributed by atoms with E-state index in [-0.39, 0.29) is 6.10 Å². The van der Waals surface area contributed by atoms with Crippen LogP contribution in [-0.4, -0.2) is 46.8 Å². The van der Waals surface area contributed by atoms with Crippen molar-refractivity contribution in [3.63, 3.8) is 0 Å². The summed E-state index contributed by atoms with van der Waals surface area (Å²) >= 11 is 0. The Bertz CT molecular complexity index is 194. The summed E-state index contributed by atoms with van der Waals surface area (Å²) in [5.41, 5.74) is 0. The van der Waals surface area contributed by atoms with Crippen LogP contribution in [0.1, 0.15) is 32.6 Å². The van der Waals surface area contributed by atoms with Crippen LogP contribution < -0.4 is 0 Å². The molecule has 0 radical (unpaired) electrons. The fourth-order valence-corrected chi connectivity index (χ4v) is 1.37. The van der Waals surface area contributed by atoms with Gasteiger partial charge in [0.2, 0.25) is 0 Å². The smallest absolute Gasteiger partial charge is 0.117 e. The van der Waals surface area contributed by atoms with Crippen LogP contribution in [0.2, 0.25) is 0 Å². The van der Waals surface area contributed by atoms with Crippen LogP contribution in [-0.2, 0) is 18.9 Å². The predicted octanol–water partition coefficient (Wildman–Crippen LogP) is 2.78. The Kier molecular flexibility index (Phi) is 12.5. The highest BCUT2D eigenvalue weighted by Gasteiger charge is 2.07. The molecule has 0 amide bonds. The van der Waals surface area contributed by atoms with Crippen molar-refractivity contribution in [2.24, 2.45) is 0 Å². The lowest BCUT2D eigenvalue weighted by atomic mass is 10.3. The molecule has 0 N–H and O–H groups in total. The van der Waals surface area contributed by atoms with Crippen LogP contribution >= 0.6 is 0 Å². The van der Waals surface area contributed by atoms with E-state index >= 15 is 0 Å².